The lowest BCUT2D eigenvalue weighted by molar-refractivity contribution is -0.00453. The van der Waals surface area contributed by atoms with Crippen molar-refractivity contribution in [2.45, 2.75) is 59.5 Å². The highest BCUT2D eigenvalue weighted by molar-refractivity contribution is 5.85. The Morgan fingerprint density at radius 1 is 1.08 bits per heavy atom. The summed E-state index contributed by atoms with van der Waals surface area (Å²) in [6.07, 6.45) is 4.25. The van der Waals surface area contributed by atoms with Gasteiger partial charge < -0.3 is 25.4 Å². The number of nitrogens with two attached hydrogens (primary N) is 1. The second-order valence-corrected chi connectivity index (χ2v) is 10.4. The number of hydrazine groups is 1. The number of ether oxygens (including phenoxy) is 2. The lowest BCUT2D eigenvalue weighted by Crippen LogP contribution is -2.57. The number of unbranched alkanes of at least 4 members (excludes halogenated alkanes) is 1. The quantitative estimate of drug-likeness (QED) is 0.376. The van der Waals surface area contributed by atoms with Crippen LogP contribution in [0.25, 0.3) is 11.8 Å². The van der Waals surface area contributed by atoms with Crippen LogP contribution in [-0.4, -0.2) is 71.9 Å². The van der Waals surface area contributed by atoms with E-state index in [1.807, 2.05) is 56.1 Å². The average Bonchev–Trinajstić information content (AvgIpc) is 2.88. The molecule has 0 spiro atoms. The predicted octanol–water partition coefficient (Wildman–Crippen LogP) is 5.04. The summed E-state index contributed by atoms with van der Waals surface area (Å²) in [6.45, 7) is 14.8. The van der Waals surface area contributed by atoms with Crippen molar-refractivity contribution in [1.82, 2.24) is 19.9 Å². The third kappa shape index (κ3) is 7.10. The molecule has 0 unspecified atom stereocenters. The minimum Gasteiger partial charge on any atom is -0.497 e. The Labute approximate surface area is 227 Å². The van der Waals surface area contributed by atoms with Crippen molar-refractivity contribution >= 4 is 23.6 Å². The van der Waals surface area contributed by atoms with Crippen LogP contribution in [0.3, 0.4) is 0 Å². The average molecular weight is 525 g/mol. The molecule has 1 aliphatic heterocycles. The van der Waals surface area contributed by atoms with Gasteiger partial charge in [-0.2, -0.15) is 0 Å². The van der Waals surface area contributed by atoms with Gasteiger partial charge in [-0.1, -0.05) is 13.8 Å². The number of fused-ring (bicyclic) bond motifs is 1. The van der Waals surface area contributed by atoms with Gasteiger partial charge in [0.15, 0.2) is 0 Å². The Balaban J connectivity index is 1.92. The Morgan fingerprint density at radius 3 is 2.29 bits per heavy atom. The molecular formula is C29H44N6O3. The molecule has 3 N–H and O–H groups in total. The fourth-order valence-corrected chi connectivity index (χ4v) is 4.71. The van der Waals surface area contributed by atoms with Crippen LogP contribution in [-0.2, 0) is 6.54 Å². The molecule has 9 nitrogen and oxygen atoms in total. The minimum absolute atomic E-state index is 0.387. The number of amides is 2. The highest BCUT2D eigenvalue weighted by Crippen LogP contribution is 2.37. The van der Waals surface area contributed by atoms with Gasteiger partial charge in [0.05, 0.1) is 37.7 Å². The normalized spacial score (nSPS) is 13.2. The third-order valence-corrected chi connectivity index (χ3v) is 6.71. The van der Waals surface area contributed by atoms with E-state index >= 15 is 0 Å². The Morgan fingerprint density at radius 2 is 1.74 bits per heavy atom. The summed E-state index contributed by atoms with van der Waals surface area (Å²) in [5, 5.41) is 6.96. The number of hydrogen-bond donors (Lipinski definition) is 2. The maximum Gasteiger partial charge on any atom is 0.334 e. The van der Waals surface area contributed by atoms with Crippen molar-refractivity contribution in [3.05, 3.63) is 47.2 Å². The van der Waals surface area contributed by atoms with Gasteiger partial charge in [0.25, 0.3) is 0 Å². The first-order valence-corrected chi connectivity index (χ1v) is 13.4. The van der Waals surface area contributed by atoms with Crippen LogP contribution in [0.1, 0.15) is 64.3 Å². The lowest BCUT2D eigenvalue weighted by atomic mass is 10.0. The molecule has 0 atom stereocenters. The van der Waals surface area contributed by atoms with Crippen LogP contribution >= 0.6 is 0 Å². The number of nitrogens with one attached hydrogen (secondary N) is 1. The van der Waals surface area contributed by atoms with Crippen LogP contribution in [0.5, 0.6) is 11.5 Å². The number of nitrogens with zero attached hydrogens (tertiary/aromatic N) is 4. The van der Waals surface area contributed by atoms with Crippen LogP contribution in [0.2, 0.25) is 0 Å². The highest BCUT2D eigenvalue weighted by atomic mass is 16.5. The molecule has 1 aromatic heterocycles. The zero-order chi connectivity index (χ0) is 27.9. The van der Waals surface area contributed by atoms with Crippen molar-refractivity contribution < 1.29 is 14.3 Å². The molecule has 0 saturated heterocycles. The molecule has 0 saturated carbocycles. The second kappa shape index (κ2) is 12.9. The summed E-state index contributed by atoms with van der Waals surface area (Å²) in [4.78, 5) is 20.1. The zero-order valence-corrected chi connectivity index (χ0v) is 24.0. The number of carbonyl (C=O) groups excluding carboxylic acids is 1. The van der Waals surface area contributed by atoms with E-state index in [4.69, 9.17) is 20.2 Å². The fraction of sp³-hybridized carbons (Fsp3) is 0.517. The highest BCUT2D eigenvalue weighted by Gasteiger charge is 2.35. The van der Waals surface area contributed by atoms with E-state index in [0.29, 0.717) is 18.0 Å². The van der Waals surface area contributed by atoms with Gasteiger partial charge in [0, 0.05) is 23.7 Å². The number of pyridine rings is 1. The molecule has 2 heterocycles. The standard InChI is InChI=1S/C29H44N6O3/c1-8-33(9-2)15-11-10-14-31-27-13-12-21-18-26(22-16-23(37-6)19-24(17-22)38-7)34(20-25(21)32-27)35(28(30)36)29(3,4)5/h12-13,16-19H,8-11,14-15,20H2,1-7H3,(H2,30,36)(H,31,32). The lowest BCUT2D eigenvalue weighted by Gasteiger charge is -2.46. The van der Waals surface area contributed by atoms with Gasteiger partial charge in [0.1, 0.15) is 17.3 Å². The Hall–Kier alpha value is -3.46. The molecular weight excluding hydrogens is 480 g/mol. The number of benzene rings is 1. The monoisotopic (exact) mass is 524 g/mol. The number of anilines is 1. The Bertz CT molecular complexity index is 1100. The van der Waals surface area contributed by atoms with Gasteiger partial charge in [-0.25, -0.2) is 14.8 Å². The molecule has 208 valence electrons. The van der Waals surface area contributed by atoms with Crippen LogP contribution in [0, 0.1) is 0 Å². The van der Waals surface area contributed by atoms with E-state index in [0.717, 1.165) is 67.4 Å². The van der Waals surface area contributed by atoms with E-state index in [9.17, 15) is 4.79 Å². The smallest absolute Gasteiger partial charge is 0.334 e. The molecule has 0 radical (unpaired) electrons. The number of hydrogen-bond acceptors (Lipinski definition) is 7. The zero-order valence-electron chi connectivity index (χ0n) is 24.0. The van der Waals surface area contributed by atoms with E-state index in [1.54, 1.807) is 19.2 Å². The van der Waals surface area contributed by atoms with E-state index in [-0.39, 0.29) is 0 Å². The number of aromatic nitrogens is 1. The number of carbonyl (C=O) groups is 1. The molecule has 0 fully saturated rings. The van der Waals surface area contributed by atoms with Crippen molar-refractivity contribution in [3.63, 3.8) is 0 Å². The minimum atomic E-state index is -0.563. The number of rotatable bonds is 12. The summed E-state index contributed by atoms with van der Waals surface area (Å²) in [6, 6.07) is 9.22. The molecule has 2 aromatic rings. The van der Waals surface area contributed by atoms with Gasteiger partial charge >= 0.3 is 6.03 Å². The fourth-order valence-electron chi connectivity index (χ4n) is 4.71. The topological polar surface area (TPSA) is 96.2 Å². The number of primary amides is 1. The third-order valence-electron chi connectivity index (χ3n) is 6.71. The van der Waals surface area contributed by atoms with Gasteiger partial charge in [-0.15, -0.1) is 0 Å². The SMILES string of the molecule is CCN(CC)CCCCNc1ccc2c(n1)CN(N(C(N)=O)C(C)(C)C)C(c1cc(OC)cc(OC)c1)=C2. The Kier molecular flexibility index (Phi) is 9.85. The first kappa shape index (κ1) is 29.1. The first-order valence-electron chi connectivity index (χ1n) is 13.4. The summed E-state index contributed by atoms with van der Waals surface area (Å²) in [5.41, 5.74) is 8.87. The van der Waals surface area contributed by atoms with Crippen molar-refractivity contribution in [2.75, 3.05) is 45.7 Å². The molecule has 0 bridgehead atoms. The van der Waals surface area contributed by atoms with Gasteiger partial charge in [-0.3, -0.25) is 5.01 Å². The second-order valence-electron chi connectivity index (χ2n) is 10.4. The summed E-state index contributed by atoms with van der Waals surface area (Å²) >= 11 is 0. The number of urea groups is 1. The van der Waals surface area contributed by atoms with Crippen molar-refractivity contribution in [2.24, 2.45) is 5.73 Å². The molecule has 38 heavy (non-hydrogen) atoms. The first-order chi connectivity index (χ1) is 18.1. The summed E-state index contributed by atoms with van der Waals surface area (Å²) in [5.74, 6) is 2.14. The van der Waals surface area contributed by atoms with Crippen LogP contribution < -0.4 is 20.5 Å². The van der Waals surface area contributed by atoms with Gasteiger partial charge in [0.2, 0.25) is 0 Å². The molecule has 2 amide bonds. The molecule has 0 aliphatic carbocycles. The maximum absolute atomic E-state index is 12.7. The summed E-state index contributed by atoms with van der Waals surface area (Å²) < 4.78 is 11.0. The van der Waals surface area contributed by atoms with E-state index < -0.39 is 11.6 Å². The summed E-state index contributed by atoms with van der Waals surface area (Å²) in [7, 11) is 3.24. The van der Waals surface area contributed by atoms with Crippen LogP contribution in [0.4, 0.5) is 10.6 Å². The molecule has 1 aromatic carbocycles. The van der Waals surface area contributed by atoms with E-state index in [1.165, 1.54) is 0 Å². The molecule has 3 rings (SSSR count). The van der Waals surface area contributed by atoms with Crippen molar-refractivity contribution in [3.8, 4) is 11.5 Å². The maximum atomic E-state index is 12.7. The van der Waals surface area contributed by atoms with E-state index in [2.05, 4.69) is 30.1 Å². The molecule has 1 aliphatic rings. The van der Waals surface area contributed by atoms with Crippen molar-refractivity contribution in [1.29, 1.82) is 0 Å². The van der Waals surface area contributed by atoms with Crippen LogP contribution in [0.15, 0.2) is 30.3 Å². The predicted molar refractivity (Wildman–Crippen MR) is 154 cm³/mol. The number of methoxy groups -OCH3 is 2. The molecule has 9 heteroatoms. The largest absolute Gasteiger partial charge is 0.497 e. The van der Waals surface area contributed by atoms with Gasteiger partial charge in [-0.05, 0) is 83.6 Å².